The van der Waals surface area contributed by atoms with Crippen LogP contribution in [0.3, 0.4) is 0 Å². The lowest BCUT2D eigenvalue weighted by molar-refractivity contribution is 0.251. The van der Waals surface area contributed by atoms with Crippen LogP contribution in [0, 0.1) is 0 Å². The maximum absolute atomic E-state index is 10.5. The molecule has 0 saturated carbocycles. The van der Waals surface area contributed by atoms with Crippen LogP contribution in [0.5, 0.6) is 0 Å². The van der Waals surface area contributed by atoms with Crippen molar-refractivity contribution in [1.82, 2.24) is 5.32 Å². The molecule has 4 heteroatoms. The second-order valence-corrected chi connectivity index (χ2v) is 3.15. The zero-order valence-corrected chi connectivity index (χ0v) is 5.57. The number of hydrogen-bond donors (Lipinski definition) is 1. The molecule has 1 fully saturated rings. The molecule has 2 aliphatic heterocycles. The normalized spacial score (nSPS) is 31.8. The van der Waals surface area contributed by atoms with E-state index in [1.807, 2.05) is 11.8 Å². The fourth-order valence-corrected chi connectivity index (χ4v) is 2.13. The lowest BCUT2D eigenvalue weighted by atomic mass is 10.2. The number of hydrogen-bond acceptors (Lipinski definition) is 2. The van der Waals surface area contributed by atoms with Crippen LogP contribution in [0.1, 0.15) is 0 Å². The molecular weight excluding hydrogens is 136 g/mol. The van der Waals surface area contributed by atoms with Crippen LogP contribution in [0.15, 0.2) is 4.99 Å². The summed E-state index contributed by atoms with van der Waals surface area (Å²) in [6, 6.07) is 0.109. The molecule has 0 aromatic rings. The Hall–Kier alpha value is -0.510. The summed E-state index contributed by atoms with van der Waals surface area (Å²) in [6.45, 7) is 0. The van der Waals surface area contributed by atoms with E-state index < -0.39 is 0 Å². The van der Waals surface area contributed by atoms with Gasteiger partial charge in [0.05, 0.1) is 11.8 Å². The van der Waals surface area contributed by atoms with Gasteiger partial charge in [0, 0.05) is 11.5 Å². The maximum atomic E-state index is 10.5. The average molecular weight is 142 g/mol. The fourth-order valence-electron chi connectivity index (χ4n) is 1.03. The van der Waals surface area contributed by atoms with Crippen molar-refractivity contribution in [2.45, 2.75) is 6.04 Å². The summed E-state index contributed by atoms with van der Waals surface area (Å²) in [6.07, 6.45) is 0. The molecule has 0 radical (unpaired) electrons. The molecule has 3 nitrogen and oxygen atoms in total. The Kier molecular flexibility index (Phi) is 1.02. The van der Waals surface area contributed by atoms with E-state index >= 15 is 0 Å². The van der Waals surface area contributed by atoms with Crippen molar-refractivity contribution in [3.05, 3.63) is 0 Å². The molecule has 0 bridgehead atoms. The zero-order valence-electron chi connectivity index (χ0n) is 4.76. The van der Waals surface area contributed by atoms with E-state index in [1.165, 1.54) is 0 Å². The van der Waals surface area contributed by atoms with Crippen molar-refractivity contribution in [1.29, 1.82) is 0 Å². The maximum Gasteiger partial charge on any atom is 0.341 e. The number of thioether (sulfide) groups is 1. The number of carbonyl (C=O) groups is 1. The topological polar surface area (TPSA) is 41.5 Å². The van der Waals surface area contributed by atoms with Crippen LogP contribution in [-0.4, -0.2) is 29.3 Å². The number of fused-ring (bicyclic) bond motifs is 1. The van der Waals surface area contributed by atoms with Crippen LogP contribution in [0.2, 0.25) is 0 Å². The Labute approximate surface area is 56.9 Å². The van der Waals surface area contributed by atoms with E-state index in [0.29, 0.717) is 0 Å². The molecule has 1 atom stereocenters. The van der Waals surface area contributed by atoms with E-state index in [2.05, 4.69) is 10.3 Å². The Morgan fingerprint density at radius 2 is 2.67 bits per heavy atom. The highest BCUT2D eigenvalue weighted by atomic mass is 32.2. The monoisotopic (exact) mass is 142 g/mol. The first-order valence-corrected chi connectivity index (χ1v) is 3.97. The summed E-state index contributed by atoms with van der Waals surface area (Å²) >= 11 is 1.82. The number of nitrogens with one attached hydrogen (secondary N) is 1. The van der Waals surface area contributed by atoms with E-state index in [9.17, 15) is 4.79 Å². The largest absolute Gasteiger partial charge is 0.341 e. The first kappa shape index (κ1) is 5.29. The minimum Gasteiger partial charge on any atom is -0.327 e. The van der Waals surface area contributed by atoms with Gasteiger partial charge in [-0.1, -0.05) is 0 Å². The predicted molar refractivity (Wildman–Crippen MR) is 37.1 cm³/mol. The molecule has 9 heavy (non-hydrogen) atoms. The second-order valence-electron chi connectivity index (χ2n) is 2.12. The van der Waals surface area contributed by atoms with E-state index in [4.69, 9.17) is 0 Å². The summed E-state index contributed by atoms with van der Waals surface area (Å²) < 4.78 is 0. The van der Waals surface area contributed by atoms with Gasteiger partial charge < -0.3 is 5.32 Å². The highest BCUT2D eigenvalue weighted by molar-refractivity contribution is 8.00. The Morgan fingerprint density at radius 3 is 3.44 bits per heavy atom. The van der Waals surface area contributed by atoms with Gasteiger partial charge in [0.15, 0.2) is 0 Å². The van der Waals surface area contributed by atoms with E-state index in [-0.39, 0.29) is 12.1 Å². The first-order chi connectivity index (χ1) is 4.36. The van der Waals surface area contributed by atoms with Crippen molar-refractivity contribution in [2.75, 3.05) is 11.5 Å². The van der Waals surface area contributed by atoms with Gasteiger partial charge in [-0.3, -0.25) is 0 Å². The Bertz CT molecular complexity index is 189. The molecule has 0 aromatic heterocycles. The van der Waals surface area contributed by atoms with Crippen LogP contribution >= 0.6 is 11.8 Å². The Morgan fingerprint density at radius 1 is 1.78 bits per heavy atom. The third-order valence-electron chi connectivity index (χ3n) is 1.48. The molecule has 2 aliphatic rings. The highest BCUT2D eigenvalue weighted by Crippen LogP contribution is 2.18. The lowest BCUT2D eigenvalue weighted by Crippen LogP contribution is -2.30. The number of urea groups is 1. The zero-order chi connectivity index (χ0) is 6.27. The van der Waals surface area contributed by atoms with Gasteiger partial charge in [-0.25, -0.2) is 4.79 Å². The minimum atomic E-state index is -0.157. The molecule has 2 amide bonds. The molecule has 1 N–H and O–H groups in total. The quantitative estimate of drug-likeness (QED) is 0.527. The second kappa shape index (κ2) is 1.73. The van der Waals surface area contributed by atoms with Crippen molar-refractivity contribution < 1.29 is 4.79 Å². The van der Waals surface area contributed by atoms with Gasteiger partial charge in [0.1, 0.15) is 0 Å². The number of rotatable bonds is 0. The van der Waals surface area contributed by atoms with Crippen LogP contribution < -0.4 is 5.32 Å². The van der Waals surface area contributed by atoms with Gasteiger partial charge in [-0.15, -0.1) is 0 Å². The summed E-state index contributed by atoms with van der Waals surface area (Å²) in [5.41, 5.74) is 1.03. The number of carbonyl (C=O) groups excluding carboxylic acids is 1. The third kappa shape index (κ3) is 0.738. The summed E-state index contributed by atoms with van der Waals surface area (Å²) in [5, 5.41) is 2.75. The molecular formula is C5H6N2OS. The standard InChI is InChI=1S/C5H6N2OS/c8-5-6-3-1-9-2-4(3)7-5/h3H,1-2H2,(H,6,8). The van der Waals surface area contributed by atoms with Gasteiger partial charge in [0.2, 0.25) is 0 Å². The van der Waals surface area contributed by atoms with Crippen LogP contribution in [0.4, 0.5) is 4.79 Å². The SMILES string of the molecule is O=C1N=C2CSCC2N1. The van der Waals surface area contributed by atoms with Gasteiger partial charge in [0.25, 0.3) is 0 Å². The summed E-state index contributed by atoms with van der Waals surface area (Å²) in [4.78, 5) is 14.3. The van der Waals surface area contributed by atoms with Crippen molar-refractivity contribution in [2.24, 2.45) is 4.99 Å². The molecule has 2 heterocycles. The molecule has 1 unspecified atom stereocenters. The number of amides is 2. The summed E-state index contributed by atoms with van der Waals surface area (Å²) in [5.74, 6) is 1.94. The smallest absolute Gasteiger partial charge is 0.327 e. The molecule has 0 aromatic carbocycles. The number of aliphatic imine (C=N–C) groups is 1. The minimum absolute atomic E-state index is 0.157. The predicted octanol–water partition coefficient (Wildman–Crippen LogP) is 0.266. The van der Waals surface area contributed by atoms with Gasteiger partial charge in [-0.2, -0.15) is 16.8 Å². The van der Waals surface area contributed by atoms with Gasteiger partial charge >= 0.3 is 6.03 Å². The van der Waals surface area contributed by atoms with Crippen LogP contribution in [-0.2, 0) is 0 Å². The molecule has 0 spiro atoms. The number of nitrogens with zero attached hydrogens (tertiary/aromatic N) is 1. The van der Waals surface area contributed by atoms with Gasteiger partial charge in [-0.05, 0) is 0 Å². The van der Waals surface area contributed by atoms with Crippen molar-refractivity contribution in [3.63, 3.8) is 0 Å². The first-order valence-electron chi connectivity index (χ1n) is 2.82. The van der Waals surface area contributed by atoms with Crippen molar-refractivity contribution >= 4 is 23.5 Å². The summed E-state index contributed by atoms with van der Waals surface area (Å²) in [7, 11) is 0. The third-order valence-corrected chi connectivity index (χ3v) is 2.55. The average Bonchev–Trinajstić information content (AvgIpc) is 2.22. The fraction of sp³-hybridized carbons (Fsp3) is 0.600. The van der Waals surface area contributed by atoms with E-state index in [1.54, 1.807) is 0 Å². The Balaban J connectivity index is 2.27. The van der Waals surface area contributed by atoms with Crippen molar-refractivity contribution in [3.8, 4) is 0 Å². The molecule has 48 valence electrons. The highest BCUT2D eigenvalue weighted by Gasteiger charge is 2.29. The molecule has 1 saturated heterocycles. The lowest BCUT2D eigenvalue weighted by Gasteiger charge is -1.98. The molecule has 0 aliphatic carbocycles. The molecule has 2 rings (SSSR count). The van der Waals surface area contributed by atoms with Crippen LogP contribution in [0.25, 0.3) is 0 Å². The van der Waals surface area contributed by atoms with E-state index in [0.717, 1.165) is 17.2 Å².